The molecule has 0 radical (unpaired) electrons. The van der Waals surface area contributed by atoms with E-state index in [1.54, 1.807) is 18.2 Å². The molecule has 0 aromatic heterocycles. The molecular formula is C14H19N3O3. The lowest BCUT2D eigenvalue weighted by molar-refractivity contribution is -0.161. The van der Waals surface area contributed by atoms with Gasteiger partial charge in [0.25, 0.3) is 5.91 Å². The van der Waals surface area contributed by atoms with E-state index in [1.807, 2.05) is 4.90 Å². The van der Waals surface area contributed by atoms with E-state index in [1.165, 1.54) is 0 Å². The molecule has 1 aromatic carbocycles. The summed E-state index contributed by atoms with van der Waals surface area (Å²) in [6, 6.07) is 5.21. The second-order valence-corrected chi connectivity index (χ2v) is 5.24. The molecule has 1 aromatic rings. The smallest absolute Gasteiger partial charge is 0.250 e. The molecule has 0 unspecified atom stereocenters. The second kappa shape index (κ2) is 4.96. The number of anilines is 2. The molecule has 6 nitrogen and oxygen atoms in total. The summed E-state index contributed by atoms with van der Waals surface area (Å²) in [5.41, 5.74) is 13.2. The molecule has 20 heavy (non-hydrogen) atoms. The molecule has 2 aliphatic rings. The van der Waals surface area contributed by atoms with Gasteiger partial charge in [-0.2, -0.15) is 0 Å². The van der Waals surface area contributed by atoms with Crippen LogP contribution in [0.1, 0.15) is 23.2 Å². The third-order valence-corrected chi connectivity index (χ3v) is 3.88. The number of hydrogen-bond acceptors (Lipinski definition) is 5. The van der Waals surface area contributed by atoms with E-state index in [9.17, 15) is 4.79 Å². The molecular weight excluding hydrogens is 258 g/mol. The number of nitrogens with zero attached hydrogens (tertiary/aromatic N) is 1. The number of hydrogen-bond donors (Lipinski definition) is 2. The standard InChI is InChI=1S/C14H19N3O3/c15-11-4-1-3-10(13(16)18)12(11)17-6-2-5-14(9-17)19-7-8-20-14/h1,3-4H,2,5-9,15H2,(H2,16,18). The van der Waals surface area contributed by atoms with Gasteiger partial charge in [0, 0.05) is 13.0 Å². The van der Waals surface area contributed by atoms with Crippen molar-refractivity contribution in [1.29, 1.82) is 0 Å². The number of rotatable bonds is 2. The van der Waals surface area contributed by atoms with E-state index in [0.29, 0.717) is 36.7 Å². The van der Waals surface area contributed by atoms with Gasteiger partial charge in [-0.1, -0.05) is 6.07 Å². The maximum Gasteiger partial charge on any atom is 0.250 e. The van der Waals surface area contributed by atoms with E-state index in [0.717, 1.165) is 19.4 Å². The van der Waals surface area contributed by atoms with Crippen molar-refractivity contribution in [2.45, 2.75) is 18.6 Å². The third-order valence-electron chi connectivity index (χ3n) is 3.88. The summed E-state index contributed by atoms with van der Waals surface area (Å²) in [7, 11) is 0. The Labute approximate surface area is 117 Å². The molecule has 0 bridgehead atoms. The highest BCUT2D eigenvalue weighted by molar-refractivity contribution is 6.01. The summed E-state index contributed by atoms with van der Waals surface area (Å²) in [5, 5.41) is 0. The van der Waals surface area contributed by atoms with Crippen molar-refractivity contribution in [3.8, 4) is 0 Å². The highest BCUT2D eigenvalue weighted by Gasteiger charge is 2.41. The Morgan fingerprint density at radius 2 is 2.05 bits per heavy atom. The van der Waals surface area contributed by atoms with Crippen LogP contribution in [0.3, 0.4) is 0 Å². The second-order valence-electron chi connectivity index (χ2n) is 5.24. The zero-order valence-electron chi connectivity index (χ0n) is 11.3. The van der Waals surface area contributed by atoms with Crippen molar-refractivity contribution in [3.05, 3.63) is 23.8 Å². The minimum Gasteiger partial charge on any atom is -0.397 e. The Hall–Kier alpha value is -1.79. The van der Waals surface area contributed by atoms with E-state index in [4.69, 9.17) is 20.9 Å². The number of nitrogens with two attached hydrogens (primary N) is 2. The summed E-state index contributed by atoms with van der Waals surface area (Å²) >= 11 is 0. The molecule has 1 spiro atoms. The van der Waals surface area contributed by atoms with Crippen molar-refractivity contribution >= 4 is 17.3 Å². The highest BCUT2D eigenvalue weighted by Crippen LogP contribution is 2.36. The van der Waals surface area contributed by atoms with Gasteiger partial charge in [-0.3, -0.25) is 4.79 Å². The van der Waals surface area contributed by atoms with E-state index < -0.39 is 11.7 Å². The van der Waals surface area contributed by atoms with Gasteiger partial charge in [0.05, 0.1) is 36.7 Å². The molecule has 1 amide bonds. The lowest BCUT2D eigenvalue weighted by atomic mass is 10.0. The first-order chi connectivity index (χ1) is 9.61. The van der Waals surface area contributed by atoms with Gasteiger partial charge in [-0.15, -0.1) is 0 Å². The molecule has 6 heteroatoms. The first kappa shape index (κ1) is 13.2. The van der Waals surface area contributed by atoms with Crippen molar-refractivity contribution in [2.75, 3.05) is 36.9 Å². The molecule has 0 aliphatic carbocycles. The minimum atomic E-state index is -0.560. The predicted molar refractivity (Wildman–Crippen MR) is 75.5 cm³/mol. The van der Waals surface area contributed by atoms with Crippen molar-refractivity contribution < 1.29 is 14.3 Å². The molecule has 0 saturated carbocycles. The zero-order valence-corrected chi connectivity index (χ0v) is 11.3. The Bertz CT molecular complexity index is 526. The fraction of sp³-hybridized carbons (Fsp3) is 0.500. The molecule has 2 aliphatic heterocycles. The number of piperidine rings is 1. The molecule has 2 saturated heterocycles. The fourth-order valence-corrected chi connectivity index (χ4v) is 3.02. The van der Waals surface area contributed by atoms with E-state index in [-0.39, 0.29) is 0 Å². The van der Waals surface area contributed by atoms with Gasteiger partial charge in [0.2, 0.25) is 0 Å². The molecule has 3 rings (SSSR count). The van der Waals surface area contributed by atoms with Crippen LogP contribution in [0.25, 0.3) is 0 Å². The Morgan fingerprint density at radius 1 is 1.30 bits per heavy atom. The van der Waals surface area contributed by atoms with Crippen LogP contribution in [0.5, 0.6) is 0 Å². The van der Waals surface area contributed by atoms with Crippen LogP contribution in [-0.4, -0.2) is 38.0 Å². The average molecular weight is 277 g/mol. The van der Waals surface area contributed by atoms with Crippen molar-refractivity contribution in [1.82, 2.24) is 0 Å². The number of para-hydroxylation sites is 1. The normalized spacial score (nSPS) is 21.3. The minimum absolute atomic E-state index is 0.444. The number of amides is 1. The topological polar surface area (TPSA) is 90.8 Å². The maximum absolute atomic E-state index is 11.6. The number of carbonyl (C=O) groups excluding carboxylic acids is 1. The predicted octanol–water partition coefficient (Wildman–Crippen LogP) is 0.711. The summed E-state index contributed by atoms with van der Waals surface area (Å²) in [6.07, 6.45) is 1.79. The monoisotopic (exact) mass is 277 g/mol. The largest absolute Gasteiger partial charge is 0.397 e. The van der Waals surface area contributed by atoms with Crippen LogP contribution in [0.15, 0.2) is 18.2 Å². The number of benzene rings is 1. The van der Waals surface area contributed by atoms with Crippen LogP contribution >= 0.6 is 0 Å². The Kier molecular flexibility index (Phi) is 3.27. The molecule has 2 fully saturated rings. The van der Waals surface area contributed by atoms with Crippen molar-refractivity contribution in [3.63, 3.8) is 0 Å². The molecule has 2 heterocycles. The van der Waals surface area contributed by atoms with Crippen LogP contribution in [0.4, 0.5) is 11.4 Å². The summed E-state index contributed by atoms with van der Waals surface area (Å²) in [6.45, 7) is 2.60. The van der Waals surface area contributed by atoms with Crippen LogP contribution in [0.2, 0.25) is 0 Å². The fourth-order valence-electron chi connectivity index (χ4n) is 3.02. The van der Waals surface area contributed by atoms with Crippen LogP contribution in [-0.2, 0) is 9.47 Å². The lowest BCUT2D eigenvalue weighted by Gasteiger charge is -2.40. The Morgan fingerprint density at radius 3 is 2.75 bits per heavy atom. The quantitative estimate of drug-likeness (QED) is 0.777. The van der Waals surface area contributed by atoms with Crippen molar-refractivity contribution in [2.24, 2.45) is 5.73 Å². The molecule has 108 valence electrons. The molecule has 0 atom stereocenters. The molecule has 4 N–H and O–H groups in total. The maximum atomic E-state index is 11.6. The van der Waals surface area contributed by atoms with E-state index >= 15 is 0 Å². The zero-order chi connectivity index (χ0) is 14.2. The number of carbonyl (C=O) groups is 1. The van der Waals surface area contributed by atoms with Gasteiger partial charge in [0.1, 0.15) is 0 Å². The third kappa shape index (κ3) is 2.21. The number of ether oxygens (including phenoxy) is 2. The highest BCUT2D eigenvalue weighted by atomic mass is 16.7. The first-order valence-corrected chi connectivity index (χ1v) is 6.82. The summed E-state index contributed by atoms with van der Waals surface area (Å²) in [4.78, 5) is 13.7. The Balaban J connectivity index is 1.94. The van der Waals surface area contributed by atoms with Gasteiger partial charge in [-0.25, -0.2) is 0 Å². The SMILES string of the molecule is NC(=O)c1cccc(N)c1N1CCCC2(C1)OCCO2. The van der Waals surface area contributed by atoms with Gasteiger partial charge in [-0.05, 0) is 18.6 Å². The number of primary amides is 1. The number of nitrogen functional groups attached to an aromatic ring is 1. The van der Waals surface area contributed by atoms with Gasteiger partial charge >= 0.3 is 0 Å². The average Bonchev–Trinajstić information content (AvgIpc) is 2.86. The first-order valence-electron chi connectivity index (χ1n) is 6.82. The van der Waals surface area contributed by atoms with Crippen LogP contribution < -0.4 is 16.4 Å². The lowest BCUT2D eigenvalue weighted by Crippen LogP contribution is -2.49. The summed E-state index contributed by atoms with van der Waals surface area (Å²) < 4.78 is 11.5. The van der Waals surface area contributed by atoms with E-state index in [2.05, 4.69) is 0 Å². The summed E-state index contributed by atoms with van der Waals surface area (Å²) in [5.74, 6) is -1.03. The van der Waals surface area contributed by atoms with Gasteiger partial charge < -0.3 is 25.8 Å². The van der Waals surface area contributed by atoms with Gasteiger partial charge in [0.15, 0.2) is 5.79 Å². The van der Waals surface area contributed by atoms with Crippen LogP contribution in [0, 0.1) is 0 Å².